The Morgan fingerprint density at radius 3 is 2.73 bits per heavy atom. The molecule has 1 aliphatic heterocycles. The quantitative estimate of drug-likeness (QED) is 0.722. The van der Waals surface area contributed by atoms with E-state index in [1.807, 2.05) is 18.2 Å². The minimum Gasteiger partial charge on any atom is -0.465 e. The number of likely N-dealkylation sites (tertiary alicyclic amines) is 1. The van der Waals surface area contributed by atoms with Crippen molar-refractivity contribution in [3.8, 4) is 11.1 Å². The van der Waals surface area contributed by atoms with Gasteiger partial charge in [-0.3, -0.25) is 4.79 Å². The average Bonchev–Trinajstić information content (AvgIpc) is 3.05. The fraction of sp³-hybridized carbons (Fsp3) is 0.278. The Kier molecular flexibility index (Phi) is 4.16. The summed E-state index contributed by atoms with van der Waals surface area (Å²) in [4.78, 5) is 27.6. The molecule has 1 saturated heterocycles. The molecule has 26 heavy (non-hydrogen) atoms. The lowest BCUT2D eigenvalue weighted by Crippen LogP contribution is -2.37. The highest BCUT2D eigenvalue weighted by Crippen LogP contribution is 2.30. The normalized spacial score (nSPS) is 15.5. The van der Waals surface area contributed by atoms with Crippen LogP contribution < -0.4 is 5.56 Å². The SMILES string of the molecule is O=C(O)N1CCC(c2cc(=O)[nH]c3c(-c4cccc(Cl)c4)cnn23)CC1. The van der Waals surface area contributed by atoms with Crippen LogP contribution in [0.2, 0.25) is 5.02 Å². The summed E-state index contributed by atoms with van der Waals surface area (Å²) in [6.07, 6.45) is 2.14. The molecule has 3 heterocycles. The van der Waals surface area contributed by atoms with Gasteiger partial charge in [0.25, 0.3) is 5.56 Å². The summed E-state index contributed by atoms with van der Waals surface area (Å²) >= 11 is 6.08. The smallest absolute Gasteiger partial charge is 0.407 e. The minimum atomic E-state index is -0.901. The number of benzene rings is 1. The summed E-state index contributed by atoms with van der Waals surface area (Å²) in [6.45, 7) is 0.910. The van der Waals surface area contributed by atoms with Gasteiger partial charge in [-0.25, -0.2) is 9.31 Å². The highest BCUT2D eigenvalue weighted by Gasteiger charge is 2.26. The zero-order valence-corrected chi connectivity index (χ0v) is 14.6. The van der Waals surface area contributed by atoms with Crippen LogP contribution >= 0.6 is 11.6 Å². The van der Waals surface area contributed by atoms with Gasteiger partial charge in [-0.1, -0.05) is 23.7 Å². The molecular formula is C18H17ClN4O3. The van der Waals surface area contributed by atoms with Gasteiger partial charge in [-0.2, -0.15) is 5.10 Å². The Balaban J connectivity index is 1.76. The third-order valence-electron chi connectivity index (χ3n) is 4.85. The molecule has 1 fully saturated rings. The fourth-order valence-corrected chi connectivity index (χ4v) is 3.73. The van der Waals surface area contributed by atoms with E-state index in [9.17, 15) is 9.59 Å². The summed E-state index contributed by atoms with van der Waals surface area (Å²) in [5.41, 5.74) is 2.91. The lowest BCUT2D eigenvalue weighted by atomic mass is 9.93. The molecule has 134 valence electrons. The van der Waals surface area contributed by atoms with Crippen LogP contribution in [0.5, 0.6) is 0 Å². The highest BCUT2D eigenvalue weighted by molar-refractivity contribution is 6.30. The topological polar surface area (TPSA) is 90.7 Å². The number of amides is 1. The maximum absolute atomic E-state index is 12.2. The van der Waals surface area contributed by atoms with Crippen LogP contribution in [0.25, 0.3) is 16.8 Å². The van der Waals surface area contributed by atoms with Gasteiger partial charge >= 0.3 is 6.09 Å². The van der Waals surface area contributed by atoms with Crippen molar-refractivity contribution in [1.82, 2.24) is 19.5 Å². The number of H-pyrrole nitrogens is 1. The van der Waals surface area contributed by atoms with Crippen molar-refractivity contribution in [1.29, 1.82) is 0 Å². The molecule has 2 aromatic heterocycles. The zero-order chi connectivity index (χ0) is 18.3. The Morgan fingerprint density at radius 2 is 2.04 bits per heavy atom. The number of hydrogen-bond acceptors (Lipinski definition) is 3. The van der Waals surface area contributed by atoms with Crippen molar-refractivity contribution in [3.63, 3.8) is 0 Å². The summed E-state index contributed by atoms with van der Waals surface area (Å²) in [6, 6.07) is 8.95. The van der Waals surface area contributed by atoms with Gasteiger partial charge in [0, 0.05) is 35.7 Å². The summed E-state index contributed by atoms with van der Waals surface area (Å²) in [5, 5.41) is 14.2. The van der Waals surface area contributed by atoms with Gasteiger partial charge in [0.05, 0.1) is 11.9 Å². The maximum Gasteiger partial charge on any atom is 0.407 e. The number of aromatic nitrogens is 3. The van der Waals surface area contributed by atoms with E-state index in [4.69, 9.17) is 16.7 Å². The Bertz CT molecular complexity index is 1030. The van der Waals surface area contributed by atoms with E-state index in [2.05, 4.69) is 10.1 Å². The lowest BCUT2D eigenvalue weighted by Gasteiger charge is -2.30. The van der Waals surface area contributed by atoms with Gasteiger partial charge in [0.15, 0.2) is 0 Å². The van der Waals surface area contributed by atoms with E-state index in [0.717, 1.165) is 16.8 Å². The predicted octanol–water partition coefficient (Wildman–Crippen LogP) is 3.20. The number of nitrogens with one attached hydrogen (secondary N) is 1. The third-order valence-corrected chi connectivity index (χ3v) is 5.09. The van der Waals surface area contributed by atoms with Crippen LogP contribution in [-0.2, 0) is 0 Å². The standard InChI is InChI=1S/C18H17ClN4O3/c19-13-3-1-2-12(8-13)14-10-20-23-15(9-16(24)21-17(14)23)11-4-6-22(7-5-11)18(25)26/h1-3,8-11H,4-7H2,(H,21,24)(H,25,26). The van der Waals surface area contributed by atoms with E-state index in [1.165, 1.54) is 4.90 Å². The second-order valence-corrected chi connectivity index (χ2v) is 6.87. The van der Waals surface area contributed by atoms with Crippen molar-refractivity contribution < 1.29 is 9.90 Å². The lowest BCUT2D eigenvalue weighted by molar-refractivity contribution is 0.131. The van der Waals surface area contributed by atoms with Crippen LogP contribution in [0.4, 0.5) is 4.79 Å². The molecule has 4 rings (SSSR count). The van der Waals surface area contributed by atoms with Gasteiger partial charge < -0.3 is 15.0 Å². The molecule has 0 aliphatic carbocycles. The second-order valence-electron chi connectivity index (χ2n) is 6.43. The van der Waals surface area contributed by atoms with Crippen molar-refractivity contribution >= 4 is 23.3 Å². The molecule has 0 unspecified atom stereocenters. The summed E-state index contributed by atoms with van der Waals surface area (Å²) < 4.78 is 1.75. The monoisotopic (exact) mass is 372 g/mol. The largest absolute Gasteiger partial charge is 0.465 e. The van der Waals surface area contributed by atoms with Crippen molar-refractivity contribution in [2.75, 3.05) is 13.1 Å². The molecule has 1 amide bonds. The zero-order valence-electron chi connectivity index (χ0n) is 13.9. The molecule has 0 atom stereocenters. The number of carboxylic acid groups (broad SMARTS) is 1. The number of rotatable bonds is 2. The maximum atomic E-state index is 12.2. The first kappa shape index (κ1) is 16.7. The average molecular weight is 373 g/mol. The van der Waals surface area contributed by atoms with E-state index in [0.29, 0.717) is 36.6 Å². The molecule has 0 radical (unpaired) electrons. The van der Waals surface area contributed by atoms with Crippen molar-refractivity contribution in [3.05, 3.63) is 57.6 Å². The Morgan fingerprint density at radius 1 is 1.27 bits per heavy atom. The summed E-state index contributed by atoms with van der Waals surface area (Å²) in [5.74, 6) is 0.0857. The first-order valence-corrected chi connectivity index (χ1v) is 8.75. The van der Waals surface area contributed by atoms with Gasteiger partial charge in [-0.15, -0.1) is 0 Å². The van der Waals surface area contributed by atoms with E-state index < -0.39 is 6.09 Å². The molecule has 0 spiro atoms. The number of nitrogens with zero attached hydrogens (tertiary/aromatic N) is 3. The molecule has 2 N–H and O–H groups in total. The molecular weight excluding hydrogens is 356 g/mol. The van der Waals surface area contributed by atoms with Crippen LogP contribution in [0, 0.1) is 0 Å². The highest BCUT2D eigenvalue weighted by atomic mass is 35.5. The van der Waals surface area contributed by atoms with Gasteiger partial charge in [0.1, 0.15) is 5.65 Å². The fourth-order valence-electron chi connectivity index (χ4n) is 3.54. The van der Waals surface area contributed by atoms with Gasteiger partial charge in [-0.05, 0) is 30.5 Å². The van der Waals surface area contributed by atoms with E-state index in [1.54, 1.807) is 22.8 Å². The number of aromatic amines is 1. The second kappa shape index (κ2) is 6.49. The first-order chi connectivity index (χ1) is 12.5. The molecule has 0 bridgehead atoms. The molecule has 1 aromatic carbocycles. The van der Waals surface area contributed by atoms with Gasteiger partial charge in [0.2, 0.25) is 0 Å². The number of carbonyl (C=O) groups is 1. The molecule has 7 nitrogen and oxygen atoms in total. The van der Waals surface area contributed by atoms with Crippen LogP contribution in [0.15, 0.2) is 41.3 Å². The predicted molar refractivity (Wildman–Crippen MR) is 97.8 cm³/mol. The van der Waals surface area contributed by atoms with Crippen LogP contribution in [0.1, 0.15) is 24.5 Å². The number of piperidine rings is 1. The van der Waals surface area contributed by atoms with Crippen molar-refractivity contribution in [2.45, 2.75) is 18.8 Å². The van der Waals surface area contributed by atoms with Crippen LogP contribution in [-0.4, -0.2) is 43.8 Å². The van der Waals surface area contributed by atoms with Crippen molar-refractivity contribution in [2.24, 2.45) is 0 Å². The van der Waals surface area contributed by atoms with E-state index in [-0.39, 0.29) is 11.5 Å². The number of halogens is 1. The molecule has 0 saturated carbocycles. The van der Waals surface area contributed by atoms with E-state index >= 15 is 0 Å². The first-order valence-electron chi connectivity index (χ1n) is 8.37. The summed E-state index contributed by atoms with van der Waals surface area (Å²) in [7, 11) is 0. The third kappa shape index (κ3) is 2.94. The number of hydrogen-bond donors (Lipinski definition) is 2. The minimum absolute atomic E-state index is 0.0857. The molecule has 1 aliphatic rings. The van der Waals surface area contributed by atoms with Crippen LogP contribution in [0.3, 0.4) is 0 Å². The Labute approximate surface area is 153 Å². The number of fused-ring (bicyclic) bond motifs is 1. The Hall–Kier alpha value is -2.80. The molecule has 8 heteroatoms. The molecule has 3 aromatic rings.